The molecule has 2 heterocycles. The lowest BCUT2D eigenvalue weighted by atomic mass is 10.1. The van der Waals surface area contributed by atoms with Gasteiger partial charge in [0.1, 0.15) is 5.76 Å². The van der Waals surface area contributed by atoms with Gasteiger partial charge in [-0.05, 0) is 49.9 Å². The zero-order chi connectivity index (χ0) is 18.4. The molecule has 1 amide bonds. The van der Waals surface area contributed by atoms with Crippen molar-refractivity contribution in [2.24, 2.45) is 5.73 Å². The van der Waals surface area contributed by atoms with Crippen molar-refractivity contribution in [2.45, 2.75) is 38.7 Å². The Kier molecular flexibility index (Phi) is 6.47. The third kappa shape index (κ3) is 4.54. The normalized spacial score (nSPS) is 15.4. The lowest BCUT2D eigenvalue weighted by Gasteiger charge is -2.31. The van der Waals surface area contributed by atoms with Crippen molar-refractivity contribution in [3.8, 4) is 11.3 Å². The molecule has 0 unspecified atom stereocenters. The van der Waals surface area contributed by atoms with Crippen LogP contribution in [0.1, 0.15) is 42.3 Å². The minimum absolute atomic E-state index is 0.0400. The predicted octanol–water partition coefficient (Wildman–Crippen LogP) is 3.48. The average molecular weight is 356 g/mol. The number of ether oxygens (including phenoxy) is 1. The van der Waals surface area contributed by atoms with Crippen LogP contribution in [0.15, 0.2) is 40.8 Å². The first kappa shape index (κ1) is 18.7. The maximum absolute atomic E-state index is 12.7. The van der Waals surface area contributed by atoms with E-state index >= 15 is 0 Å². The highest BCUT2D eigenvalue weighted by Crippen LogP contribution is 2.24. The predicted molar refractivity (Wildman–Crippen MR) is 102 cm³/mol. The van der Waals surface area contributed by atoms with Crippen LogP contribution in [0.2, 0.25) is 0 Å². The SMILES string of the molecule is CCc1ccc(-c2ccc(C(=O)N3CCC(OCCCN)CC3)o2)cc1. The standard InChI is InChI=1S/C21H28N2O3/c1-2-16-4-6-17(7-5-16)19-8-9-20(26-19)21(24)23-13-10-18(11-14-23)25-15-3-12-22/h4-9,18H,2-3,10-15,22H2,1H3. The number of rotatable bonds is 7. The van der Waals surface area contributed by atoms with Crippen LogP contribution in [0.3, 0.4) is 0 Å². The van der Waals surface area contributed by atoms with Crippen molar-refractivity contribution in [1.29, 1.82) is 0 Å². The molecule has 1 aliphatic rings. The van der Waals surface area contributed by atoms with Gasteiger partial charge in [-0.15, -0.1) is 0 Å². The summed E-state index contributed by atoms with van der Waals surface area (Å²) in [5, 5.41) is 0. The highest BCUT2D eigenvalue weighted by molar-refractivity contribution is 5.92. The molecule has 1 saturated heterocycles. The third-order valence-corrected chi connectivity index (χ3v) is 4.89. The third-order valence-electron chi connectivity index (χ3n) is 4.89. The Hall–Kier alpha value is -2.11. The molecule has 2 N–H and O–H groups in total. The zero-order valence-electron chi connectivity index (χ0n) is 15.4. The van der Waals surface area contributed by atoms with E-state index < -0.39 is 0 Å². The van der Waals surface area contributed by atoms with Gasteiger partial charge in [0.15, 0.2) is 5.76 Å². The second-order valence-electron chi connectivity index (χ2n) is 6.72. The Morgan fingerprint density at radius 2 is 1.92 bits per heavy atom. The number of aryl methyl sites for hydroxylation is 1. The highest BCUT2D eigenvalue weighted by Gasteiger charge is 2.25. The Bertz CT molecular complexity index is 700. The van der Waals surface area contributed by atoms with Crippen LogP contribution in [0.4, 0.5) is 0 Å². The van der Waals surface area contributed by atoms with Gasteiger partial charge in [-0.3, -0.25) is 4.79 Å². The fourth-order valence-corrected chi connectivity index (χ4v) is 3.23. The van der Waals surface area contributed by atoms with E-state index in [1.165, 1.54) is 5.56 Å². The first-order valence-electron chi connectivity index (χ1n) is 9.51. The summed E-state index contributed by atoms with van der Waals surface area (Å²) in [7, 11) is 0. The van der Waals surface area contributed by atoms with Crippen molar-refractivity contribution in [2.75, 3.05) is 26.2 Å². The van der Waals surface area contributed by atoms with Crippen LogP contribution in [-0.4, -0.2) is 43.2 Å². The van der Waals surface area contributed by atoms with Crippen LogP contribution >= 0.6 is 0 Å². The zero-order valence-corrected chi connectivity index (χ0v) is 15.4. The molecule has 1 aliphatic heterocycles. The van der Waals surface area contributed by atoms with E-state index in [2.05, 4.69) is 19.1 Å². The number of carbonyl (C=O) groups is 1. The molecule has 5 nitrogen and oxygen atoms in total. The molecule has 140 valence electrons. The number of nitrogens with two attached hydrogens (primary N) is 1. The summed E-state index contributed by atoms with van der Waals surface area (Å²) in [6, 6.07) is 11.9. The summed E-state index contributed by atoms with van der Waals surface area (Å²) in [5.41, 5.74) is 7.76. The van der Waals surface area contributed by atoms with Crippen LogP contribution in [0, 0.1) is 0 Å². The number of likely N-dealkylation sites (tertiary alicyclic amines) is 1. The Balaban J connectivity index is 1.56. The molecule has 0 aliphatic carbocycles. The second kappa shape index (κ2) is 9.01. The summed E-state index contributed by atoms with van der Waals surface area (Å²) < 4.78 is 11.6. The monoisotopic (exact) mass is 356 g/mol. The minimum atomic E-state index is -0.0400. The summed E-state index contributed by atoms with van der Waals surface area (Å²) in [5.74, 6) is 1.10. The van der Waals surface area contributed by atoms with E-state index in [9.17, 15) is 4.79 Å². The van der Waals surface area contributed by atoms with Gasteiger partial charge in [-0.25, -0.2) is 0 Å². The molecule has 5 heteroatoms. The smallest absolute Gasteiger partial charge is 0.289 e. The summed E-state index contributed by atoms with van der Waals surface area (Å²) >= 11 is 0. The Morgan fingerprint density at radius 3 is 2.58 bits per heavy atom. The largest absolute Gasteiger partial charge is 0.451 e. The molecule has 0 spiro atoms. The van der Waals surface area contributed by atoms with Crippen LogP contribution in [0.25, 0.3) is 11.3 Å². The highest BCUT2D eigenvalue weighted by atomic mass is 16.5. The second-order valence-corrected chi connectivity index (χ2v) is 6.72. The quantitative estimate of drug-likeness (QED) is 0.771. The maximum atomic E-state index is 12.7. The number of piperidine rings is 1. The van der Waals surface area contributed by atoms with Gasteiger partial charge >= 0.3 is 0 Å². The number of benzene rings is 1. The van der Waals surface area contributed by atoms with Gasteiger partial charge in [-0.2, -0.15) is 0 Å². The van der Waals surface area contributed by atoms with E-state index in [4.69, 9.17) is 14.9 Å². The van der Waals surface area contributed by atoms with E-state index in [-0.39, 0.29) is 12.0 Å². The fraction of sp³-hybridized carbons (Fsp3) is 0.476. The molecule has 0 saturated carbocycles. The minimum Gasteiger partial charge on any atom is -0.451 e. The van der Waals surface area contributed by atoms with Crippen molar-refractivity contribution >= 4 is 5.91 Å². The van der Waals surface area contributed by atoms with E-state index in [1.54, 1.807) is 6.07 Å². The first-order valence-corrected chi connectivity index (χ1v) is 9.51. The summed E-state index contributed by atoms with van der Waals surface area (Å²) in [6.07, 6.45) is 3.85. The van der Waals surface area contributed by atoms with Crippen molar-refractivity contribution < 1.29 is 13.9 Å². The van der Waals surface area contributed by atoms with Gasteiger partial charge in [0.2, 0.25) is 0 Å². The lowest BCUT2D eigenvalue weighted by Crippen LogP contribution is -2.40. The molecular formula is C21H28N2O3. The first-order chi connectivity index (χ1) is 12.7. The summed E-state index contributed by atoms with van der Waals surface area (Å²) in [4.78, 5) is 14.5. The Labute approximate surface area is 155 Å². The number of furan rings is 1. The summed E-state index contributed by atoms with van der Waals surface area (Å²) in [6.45, 7) is 4.89. The Morgan fingerprint density at radius 1 is 1.19 bits per heavy atom. The molecule has 2 aromatic rings. The molecule has 0 atom stereocenters. The van der Waals surface area contributed by atoms with Gasteiger partial charge < -0.3 is 19.8 Å². The topological polar surface area (TPSA) is 68.7 Å². The number of amides is 1. The van der Waals surface area contributed by atoms with E-state index in [0.717, 1.165) is 37.0 Å². The van der Waals surface area contributed by atoms with Gasteiger partial charge in [0, 0.05) is 25.3 Å². The van der Waals surface area contributed by atoms with Crippen LogP contribution < -0.4 is 5.73 Å². The molecule has 3 rings (SSSR count). The fourth-order valence-electron chi connectivity index (χ4n) is 3.23. The van der Waals surface area contributed by atoms with E-state index in [1.807, 2.05) is 23.1 Å². The van der Waals surface area contributed by atoms with Crippen molar-refractivity contribution in [1.82, 2.24) is 4.90 Å². The van der Waals surface area contributed by atoms with Crippen LogP contribution in [-0.2, 0) is 11.2 Å². The van der Waals surface area contributed by atoms with Crippen LogP contribution in [0.5, 0.6) is 0 Å². The molecule has 1 aromatic heterocycles. The molecule has 0 radical (unpaired) electrons. The van der Waals surface area contributed by atoms with Gasteiger partial charge in [0.25, 0.3) is 5.91 Å². The number of hydrogen-bond donors (Lipinski definition) is 1. The van der Waals surface area contributed by atoms with Crippen molar-refractivity contribution in [3.05, 3.63) is 47.7 Å². The number of hydrogen-bond acceptors (Lipinski definition) is 4. The molecular weight excluding hydrogens is 328 g/mol. The number of nitrogens with zero attached hydrogens (tertiary/aromatic N) is 1. The molecule has 1 aromatic carbocycles. The van der Waals surface area contributed by atoms with E-state index in [0.29, 0.717) is 32.0 Å². The average Bonchev–Trinajstić information content (AvgIpc) is 3.18. The van der Waals surface area contributed by atoms with Gasteiger partial charge in [-0.1, -0.05) is 31.2 Å². The number of carbonyl (C=O) groups excluding carboxylic acids is 1. The van der Waals surface area contributed by atoms with Crippen molar-refractivity contribution in [3.63, 3.8) is 0 Å². The lowest BCUT2D eigenvalue weighted by molar-refractivity contribution is 0.00766. The maximum Gasteiger partial charge on any atom is 0.289 e. The molecule has 26 heavy (non-hydrogen) atoms. The molecule has 0 bridgehead atoms. The van der Waals surface area contributed by atoms with Gasteiger partial charge in [0.05, 0.1) is 6.10 Å². The molecule has 1 fully saturated rings.